The molecule has 0 aliphatic carbocycles. The van der Waals surface area contributed by atoms with Crippen LogP contribution in [0.2, 0.25) is 0 Å². The quantitative estimate of drug-likeness (QED) is 0.794. The fourth-order valence-corrected chi connectivity index (χ4v) is 3.84. The first-order valence-electron chi connectivity index (χ1n) is 9.99. The van der Waals surface area contributed by atoms with E-state index in [0.717, 1.165) is 24.5 Å². The van der Waals surface area contributed by atoms with E-state index in [1.165, 1.54) is 5.56 Å². The summed E-state index contributed by atoms with van der Waals surface area (Å²) < 4.78 is 5.04. The molecular weight excluding hydrogens is 370 g/mol. The first-order chi connectivity index (χ1) is 14.1. The van der Waals surface area contributed by atoms with Crippen LogP contribution in [0.5, 0.6) is 0 Å². The molecule has 1 fully saturated rings. The second-order valence-corrected chi connectivity index (χ2v) is 7.17. The molecule has 2 amide bonds. The summed E-state index contributed by atoms with van der Waals surface area (Å²) >= 11 is 0. The Balaban J connectivity index is 1.50. The number of nitrogens with zero attached hydrogens (tertiary/aromatic N) is 5. The lowest BCUT2D eigenvalue weighted by atomic mass is 10.2. The van der Waals surface area contributed by atoms with Crippen LogP contribution in [0.4, 0.5) is 16.3 Å². The highest BCUT2D eigenvalue weighted by molar-refractivity contribution is 5.93. The van der Waals surface area contributed by atoms with Gasteiger partial charge in [0.05, 0.1) is 6.61 Å². The number of carbonyl (C=O) groups excluding carboxylic acids is 2. The Morgan fingerprint density at radius 2 is 1.76 bits per heavy atom. The lowest BCUT2D eigenvalue weighted by Crippen LogP contribution is -2.50. The van der Waals surface area contributed by atoms with E-state index in [0.29, 0.717) is 44.3 Å². The molecule has 1 saturated heterocycles. The van der Waals surface area contributed by atoms with Gasteiger partial charge in [0.2, 0.25) is 0 Å². The van der Waals surface area contributed by atoms with E-state index in [4.69, 9.17) is 4.74 Å². The van der Waals surface area contributed by atoms with Crippen LogP contribution in [0.25, 0.3) is 0 Å². The molecule has 1 aromatic heterocycles. The number of anilines is 2. The molecule has 8 heteroatoms. The van der Waals surface area contributed by atoms with Crippen LogP contribution >= 0.6 is 0 Å². The van der Waals surface area contributed by atoms with Gasteiger partial charge in [0.1, 0.15) is 17.3 Å². The van der Waals surface area contributed by atoms with E-state index in [-0.39, 0.29) is 12.0 Å². The van der Waals surface area contributed by atoms with Crippen LogP contribution < -0.4 is 4.90 Å². The largest absolute Gasteiger partial charge is 0.450 e. The minimum absolute atomic E-state index is 0.132. The number of hydrogen-bond donors (Lipinski definition) is 0. The number of aryl methyl sites for hydroxylation is 1. The Bertz CT molecular complexity index is 924. The molecule has 29 heavy (non-hydrogen) atoms. The third-order valence-electron chi connectivity index (χ3n) is 5.30. The fourth-order valence-electron chi connectivity index (χ4n) is 3.84. The molecule has 0 atom stereocenters. The molecule has 0 N–H and O–H groups in total. The summed E-state index contributed by atoms with van der Waals surface area (Å²) in [5.74, 6) is 1.18. The molecule has 0 spiro atoms. The van der Waals surface area contributed by atoms with Crippen molar-refractivity contribution >= 4 is 23.5 Å². The van der Waals surface area contributed by atoms with Crippen molar-refractivity contribution in [1.82, 2.24) is 19.8 Å². The first kappa shape index (κ1) is 19.2. The lowest BCUT2D eigenvalue weighted by molar-refractivity contribution is 0.0565. The number of benzene rings is 1. The van der Waals surface area contributed by atoms with Gasteiger partial charge >= 0.3 is 6.09 Å². The van der Waals surface area contributed by atoms with Crippen molar-refractivity contribution in [2.75, 3.05) is 44.2 Å². The van der Waals surface area contributed by atoms with E-state index in [1.807, 2.05) is 12.1 Å². The second-order valence-electron chi connectivity index (χ2n) is 7.17. The molecule has 152 valence electrons. The number of carbonyl (C=O) groups is 2. The summed E-state index contributed by atoms with van der Waals surface area (Å²) in [5, 5.41) is 0. The normalized spacial score (nSPS) is 16.0. The number of para-hydroxylation sites is 1. The molecule has 0 saturated carbocycles. The average molecular weight is 395 g/mol. The van der Waals surface area contributed by atoms with Gasteiger partial charge in [-0.1, -0.05) is 18.2 Å². The first-order valence-corrected chi connectivity index (χ1v) is 9.99. The predicted molar refractivity (Wildman–Crippen MR) is 108 cm³/mol. The summed E-state index contributed by atoms with van der Waals surface area (Å²) in [7, 11) is 0. The maximum absolute atomic E-state index is 13.0. The summed E-state index contributed by atoms with van der Waals surface area (Å²) in [5.41, 5.74) is 2.81. The van der Waals surface area contributed by atoms with Gasteiger partial charge in [-0.25, -0.2) is 14.8 Å². The van der Waals surface area contributed by atoms with Gasteiger partial charge < -0.3 is 19.4 Å². The zero-order chi connectivity index (χ0) is 20.4. The molecule has 4 rings (SSSR count). The second kappa shape index (κ2) is 8.06. The van der Waals surface area contributed by atoms with Gasteiger partial charge in [0.25, 0.3) is 5.91 Å². The lowest BCUT2D eigenvalue weighted by Gasteiger charge is -2.34. The molecule has 0 radical (unpaired) electrons. The van der Waals surface area contributed by atoms with Crippen molar-refractivity contribution in [1.29, 1.82) is 0 Å². The van der Waals surface area contributed by atoms with Gasteiger partial charge in [-0.2, -0.15) is 0 Å². The summed E-state index contributed by atoms with van der Waals surface area (Å²) in [6.07, 6.45) is 0.630. The van der Waals surface area contributed by atoms with Crippen molar-refractivity contribution in [2.24, 2.45) is 0 Å². The number of rotatable bonds is 3. The Morgan fingerprint density at radius 1 is 1.03 bits per heavy atom. The maximum Gasteiger partial charge on any atom is 0.409 e. The molecule has 2 aliphatic rings. The number of fused-ring (bicyclic) bond motifs is 1. The zero-order valence-electron chi connectivity index (χ0n) is 16.8. The zero-order valence-corrected chi connectivity index (χ0v) is 16.8. The number of piperazine rings is 1. The number of ether oxygens (including phenoxy) is 1. The van der Waals surface area contributed by atoms with Gasteiger partial charge in [0, 0.05) is 44.5 Å². The highest BCUT2D eigenvalue weighted by Gasteiger charge is 2.28. The van der Waals surface area contributed by atoms with Crippen molar-refractivity contribution in [2.45, 2.75) is 20.3 Å². The Hall–Kier alpha value is -3.16. The van der Waals surface area contributed by atoms with Crippen LogP contribution in [0.1, 0.15) is 28.8 Å². The van der Waals surface area contributed by atoms with Gasteiger partial charge in [-0.3, -0.25) is 4.79 Å². The highest BCUT2D eigenvalue weighted by atomic mass is 16.6. The SMILES string of the molecule is CCOC(=O)N1CCN(C(=O)c2cc(N3CCc4ccccc43)nc(C)n2)CC1. The summed E-state index contributed by atoms with van der Waals surface area (Å²) in [4.78, 5) is 39.4. The monoisotopic (exact) mass is 395 g/mol. The van der Waals surface area contributed by atoms with Gasteiger partial charge in [-0.15, -0.1) is 0 Å². The van der Waals surface area contributed by atoms with E-state index >= 15 is 0 Å². The van der Waals surface area contributed by atoms with E-state index < -0.39 is 0 Å². The summed E-state index contributed by atoms with van der Waals surface area (Å²) in [6, 6.07) is 10.0. The molecule has 2 aliphatic heterocycles. The van der Waals surface area contributed by atoms with E-state index in [9.17, 15) is 9.59 Å². The van der Waals surface area contributed by atoms with Crippen LogP contribution in [0.3, 0.4) is 0 Å². The van der Waals surface area contributed by atoms with Crippen LogP contribution in [-0.2, 0) is 11.2 Å². The highest BCUT2D eigenvalue weighted by Crippen LogP contribution is 2.33. The predicted octanol–water partition coefficient (Wildman–Crippen LogP) is 2.39. The van der Waals surface area contributed by atoms with Crippen molar-refractivity contribution in [3.63, 3.8) is 0 Å². The topological polar surface area (TPSA) is 78.9 Å². The fraction of sp³-hybridized carbons (Fsp3) is 0.429. The van der Waals surface area contributed by atoms with E-state index in [1.54, 1.807) is 29.7 Å². The Kier molecular flexibility index (Phi) is 5.33. The average Bonchev–Trinajstić information content (AvgIpc) is 3.17. The third kappa shape index (κ3) is 3.87. The molecule has 3 heterocycles. The van der Waals surface area contributed by atoms with Crippen molar-refractivity contribution < 1.29 is 14.3 Å². The number of amides is 2. The minimum Gasteiger partial charge on any atom is -0.450 e. The van der Waals surface area contributed by atoms with Crippen molar-refractivity contribution in [3.05, 3.63) is 47.4 Å². The smallest absolute Gasteiger partial charge is 0.409 e. The van der Waals surface area contributed by atoms with Crippen LogP contribution in [0, 0.1) is 6.92 Å². The van der Waals surface area contributed by atoms with Gasteiger partial charge in [0.15, 0.2) is 0 Å². The Labute approximate surface area is 170 Å². The molecule has 1 aromatic carbocycles. The summed E-state index contributed by atoms with van der Waals surface area (Å²) in [6.45, 7) is 6.61. The minimum atomic E-state index is -0.326. The maximum atomic E-state index is 13.0. The molecule has 0 bridgehead atoms. The molecule has 8 nitrogen and oxygen atoms in total. The van der Waals surface area contributed by atoms with Crippen LogP contribution in [-0.4, -0.2) is 71.1 Å². The van der Waals surface area contributed by atoms with Crippen LogP contribution in [0.15, 0.2) is 30.3 Å². The third-order valence-corrected chi connectivity index (χ3v) is 5.30. The van der Waals surface area contributed by atoms with Gasteiger partial charge in [-0.05, 0) is 31.9 Å². The van der Waals surface area contributed by atoms with E-state index in [2.05, 4.69) is 27.0 Å². The molecule has 2 aromatic rings. The molecular formula is C21H25N5O3. The number of hydrogen-bond acceptors (Lipinski definition) is 6. The molecule has 0 unspecified atom stereocenters. The Morgan fingerprint density at radius 3 is 2.52 bits per heavy atom. The van der Waals surface area contributed by atoms with Crippen molar-refractivity contribution in [3.8, 4) is 0 Å². The standard InChI is InChI=1S/C21H25N5O3/c1-3-29-21(28)25-12-10-24(11-13-25)20(27)17-14-19(23-15(2)22-17)26-9-8-16-6-4-5-7-18(16)26/h4-7,14H,3,8-13H2,1-2H3. The number of aromatic nitrogens is 2.